The number of aromatic nitrogens is 3. The third-order valence-corrected chi connectivity index (χ3v) is 7.52. The summed E-state index contributed by atoms with van der Waals surface area (Å²) in [6.45, 7) is 2.31. The van der Waals surface area contributed by atoms with Crippen molar-refractivity contribution < 1.29 is 18.4 Å². The number of Topliss-reactive ketones (excluding diaryl/α,β-unsaturated/α-hetero) is 1. The van der Waals surface area contributed by atoms with Crippen molar-refractivity contribution in [3.05, 3.63) is 22.5 Å². The van der Waals surface area contributed by atoms with Gasteiger partial charge in [0, 0.05) is 30.6 Å². The largest absolute Gasteiger partial charge is 0.473 e. The third kappa shape index (κ3) is 3.71. The molecule has 0 amide bonds. The Morgan fingerprint density at radius 3 is 2.84 bits per heavy atom. The van der Waals surface area contributed by atoms with Crippen LogP contribution in [-0.2, 0) is 16.6 Å². The lowest BCUT2D eigenvalue weighted by atomic mass is 9.64. The normalized spacial score (nSPS) is 29.3. The van der Waals surface area contributed by atoms with Gasteiger partial charge >= 0.3 is 0 Å². The zero-order chi connectivity index (χ0) is 22.5. The number of likely N-dealkylation sites (tertiary alicyclic amines) is 1. The monoisotopic (exact) mass is 462 g/mol. The van der Waals surface area contributed by atoms with E-state index in [1.54, 1.807) is 6.07 Å². The van der Waals surface area contributed by atoms with Crippen LogP contribution in [-0.4, -0.2) is 57.7 Å². The highest BCUT2D eigenvalue weighted by atomic mass is 35.5. The Morgan fingerprint density at radius 1 is 1.28 bits per heavy atom. The topological polar surface area (TPSA) is 81.3 Å². The van der Waals surface area contributed by atoms with Crippen LogP contribution in [0.15, 0.2) is 10.6 Å². The number of fused-ring (bicyclic) bond motifs is 2. The second kappa shape index (κ2) is 8.37. The van der Waals surface area contributed by atoms with Gasteiger partial charge in [0.2, 0.25) is 5.88 Å². The van der Waals surface area contributed by atoms with Crippen molar-refractivity contribution in [3.8, 4) is 17.4 Å². The summed E-state index contributed by atoms with van der Waals surface area (Å²) in [7, 11) is 1.90. The first kappa shape index (κ1) is 21.8. The molecule has 7 nitrogen and oxygen atoms in total. The van der Waals surface area contributed by atoms with E-state index < -0.39 is 11.6 Å². The van der Waals surface area contributed by atoms with E-state index in [9.17, 15) is 9.18 Å². The highest BCUT2D eigenvalue weighted by Gasteiger charge is 2.48. The number of likely N-dealkylation sites (N-methyl/N-ethyl adjacent to an activating group) is 1. The van der Waals surface area contributed by atoms with Gasteiger partial charge in [-0.25, -0.2) is 9.37 Å². The van der Waals surface area contributed by atoms with Gasteiger partial charge < -0.3 is 9.26 Å². The van der Waals surface area contributed by atoms with Crippen molar-refractivity contribution in [1.82, 2.24) is 20.0 Å². The molecule has 172 valence electrons. The number of hydrogen-bond donors (Lipinski definition) is 0. The Balaban J connectivity index is 1.45. The van der Waals surface area contributed by atoms with Crippen LogP contribution < -0.4 is 4.74 Å². The lowest BCUT2D eigenvalue weighted by Crippen LogP contribution is -2.41. The highest BCUT2D eigenvalue weighted by molar-refractivity contribution is 6.29. The lowest BCUT2D eigenvalue weighted by Gasteiger charge is -2.36. The van der Waals surface area contributed by atoms with E-state index in [2.05, 4.69) is 15.1 Å². The first-order valence-corrected chi connectivity index (χ1v) is 11.8. The lowest BCUT2D eigenvalue weighted by molar-refractivity contribution is -0.128. The van der Waals surface area contributed by atoms with Crippen molar-refractivity contribution in [1.29, 1.82) is 0 Å². The first-order chi connectivity index (χ1) is 15.4. The number of rotatable bonds is 4. The molecule has 1 spiro atoms. The summed E-state index contributed by atoms with van der Waals surface area (Å²) in [6, 6.07) is 1.52. The van der Waals surface area contributed by atoms with Crippen molar-refractivity contribution >= 4 is 17.4 Å². The fourth-order valence-corrected chi connectivity index (χ4v) is 5.89. The molecule has 4 atom stereocenters. The quantitative estimate of drug-likeness (QED) is 0.626. The summed E-state index contributed by atoms with van der Waals surface area (Å²) in [6.07, 6.45) is 5.12. The molecule has 0 unspecified atom stereocenters. The molecule has 0 bridgehead atoms. The summed E-state index contributed by atoms with van der Waals surface area (Å²) < 4.78 is 25.6. The molecule has 9 heteroatoms. The Kier molecular flexibility index (Phi) is 5.70. The molecular weight excluding hydrogens is 435 g/mol. The van der Waals surface area contributed by atoms with Crippen LogP contribution in [0.25, 0.3) is 11.5 Å². The Hall–Kier alpha value is -2.06. The Labute approximate surface area is 191 Å². The van der Waals surface area contributed by atoms with E-state index in [-0.39, 0.29) is 23.1 Å². The molecule has 32 heavy (non-hydrogen) atoms. The molecule has 0 aromatic carbocycles. The first-order valence-electron chi connectivity index (χ1n) is 11.5. The van der Waals surface area contributed by atoms with Crippen molar-refractivity contribution in [3.63, 3.8) is 0 Å². The second-order valence-corrected chi connectivity index (χ2v) is 9.81. The van der Waals surface area contributed by atoms with Crippen molar-refractivity contribution in [2.45, 2.75) is 82.0 Å². The molecule has 3 heterocycles. The average molecular weight is 463 g/mol. The molecule has 1 aliphatic heterocycles. The Morgan fingerprint density at radius 2 is 2.09 bits per heavy atom. The van der Waals surface area contributed by atoms with Crippen molar-refractivity contribution in [2.24, 2.45) is 0 Å². The van der Waals surface area contributed by atoms with Crippen molar-refractivity contribution in [2.75, 3.05) is 13.6 Å². The van der Waals surface area contributed by atoms with Crippen LogP contribution in [0, 0.1) is 0 Å². The van der Waals surface area contributed by atoms with Crippen LogP contribution in [0.2, 0.25) is 5.15 Å². The van der Waals surface area contributed by atoms with Gasteiger partial charge in [-0.15, -0.1) is 0 Å². The van der Waals surface area contributed by atoms with Gasteiger partial charge in [-0.05, 0) is 52.5 Å². The molecule has 1 saturated carbocycles. The standard InChI is InChI=1S/C23H28ClFN4O3/c1-13(16-10-14(25)12-29(16)2)31-19-11-18(24)26-22(27-19)20-15-6-5-9-23(21(15)32-28-20)8-4-3-7-17(23)30/h11,13-14,16H,3-10,12H2,1-2H3/t13-,14+,16-,23+/m0/s1. The van der Waals surface area contributed by atoms with Crippen LogP contribution in [0.3, 0.4) is 0 Å². The fraction of sp³-hybridized carbons (Fsp3) is 0.652. The summed E-state index contributed by atoms with van der Waals surface area (Å²) >= 11 is 6.30. The van der Waals surface area contributed by atoms with E-state index >= 15 is 0 Å². The third-order valence-electron chi connectivity index (χ3n) is 7.33. The number of alkyl halides is 1. The molecule has 2 aromatic heterocycles. The minimum absolute atomic E-state index is 0.0424. The summed E-state index contributed by atoms with van der Waals surface area (Å²) in [5, 5.41) is 4.52. The molecule has 5 rings (SSSR count). The van der Waals surface area contributed by atoms with Gasteiger partial charge in [-0.1, -0.05) is 23.2 Å². The van der Waals surface area contributed by atoms with Gasteiger partial charge in [-0.3, -0.25) is 9.69 Å². The molecule has 3 aliphatic rings. The predicted molar refractivity (Wildman–Crippen MR) is 117 cm³/mol. The number of carbonyl (C=O) groups is 1. The molecule has 0 radical (unpaired) electrons. The predicted octanol–water partition coefficient (Wildman–Crippen LogP) is 4.31. The molecular formula is C23H28ClFN4O3. The van der Waals surface area contributed by atoms with Crippen LogP contribution in [0.5, 0.6) is 5.88 Å². The number of ketones is 1. The van der Waals surface area contributed by atoms with E-state index in [1.807, 2.05) is 18.9 Å². The van der Waals surface area contributed by atoms with Gasteiger partial charge in [0.1, 0.15) is 23.2 Å². The molecule has 2 fully saturated rings. The smallest absolute Gasteiger partial charge is 0.218 e. The van der Waals surface area contributed by atoms with Gasteiger partial charge in [0.25, 0.3) is 0 Å². The number of halogens is 2. The maximum atomic E-state index is 13.8. The maximum Gasteiger partial charge on any atom is 0.218 e. The average Bonchev–Trinajstić information content (AvgIpc) is 3.33. The molecule has 2 aliphatic carbocycles. The Bertz CT molecular complexity index is 1030. The number of ether oxygens (including phenoxy) is 1. The summed E-state index contributed by atoms with van der Waals surface area (Å²) in [5.74, 6) is 1.58. The van der Waals surface area contributed by atoms with E-state index in [1.165, 1.54) is 0 Å². The molecule has 0 N–H and O–H groups in total. The van der Waals surface area contributed by atoms with Gasteiger partial charge in [0.15, 0.2) is 17.3 Å². The van der Waals surface area contributed by atoms with E-state index in [0.717, 1.165) is 44.1 Å². The minimum Gasteiger partial charge on any atom is -0.473 e. The highest BCUT2D eigenvalue weighted by Crippen LogP contribution is 2.47. The number of carbonyl (C=O) groups excluding carboxylic acids is 1. The zero-order valence-corrected chi connectivity index (χ0v) is 19.2. The van der Waals surface area contributed by atoms with Crippen LogP contribution in [0.1, 0.15) is 63.2 Å². The number of hydrogen-bond acceptors (Lipinski definition) is 7. The summed E-state index contributed by atoms with van der Waals surface area (Å²) in [4.78, 5) is 23.8. The van der Waals surface area contributed by atoms with E-state index in [0.29, 0.717) is 42.5 Å². The minimum atomic E-state index is -0.850. The number of nitrogens with zero attached hydrogens (tertiary/aromatic N) is 4. The van der Waals surface area contributed by atoms with Gasteiger partial charge in [-0.2, -0.15) is 4.98 Å². The van der Waals surface area contributed by atoms with E-state index in [4.69, 9.17) is 20.9 Å². The maximum absolute atomic E-state index is 13.8. The SMILES string of the molecule is C[C@H](Oc1cc(Cl)nc(-c2noc3c2CCC[C@@]32CCCCC2=O)n1)[C@@H]1C[C@@H](F)CN1C. The van der Waals surface area contributed by atoms with Crippen LogP contribution >= 0.6 is 11.6 Å². The molecule has 1 saturated heterocycles. The van der Waals surface area contributed by atoms with Gasteiger partial charge in [0.05, 0.1) is 5.41 Å². The fourth-order valence-electron chi connectivity index (χ4n) is 5.72. The summed E-state index contributed by atoms with van der Waals surface area (Å²) in [5.41, 5.74) is 0.877. The second-order valence-electron chi connectivity index (χ2n) is 9.42. The molecule has 2 aromatic rings. The van der Waals surface area contributed by atoms with Crippen LogP contribution in [0.4, 0.5) is 4.39 Å². The zero-order valence-electron chi connectivity index (χ0n) is 18.4.